The highest BCUT2D eigenvalue weighted by Crippen LogP contribution is 2.46. The molecule has 0 bridgehead atoms. The van der Waals surface area contributed by atoms with Crippen LogP contribution in [0.4, 0.5) is 5.13 Å². The minimum absolute atomic E-state index is 0.0880. The Morgan fingerprint density at radius 3 is 2.69 bits per heavy atom. The van der Waals surface area contributed by atoms with Crippen LogP contribution in [0.5, 0.6) is 0 Å². The molecule has 170 valence electrons. The van der Waals surface area contributed by atoms with Crippen molar-refractivity contribution in [3.05, 3.63) is 46.5 Å². The van der Waals surface area contributed by atoms with Crippen LogP contribution in [-0.2, 0) is 21.6 Å². The van der Waals surface area contributed by atoms with Crippen molar-refractivity contribution in [2.45, 2.75) is 44.1 Å². The van der Waals surface area contributed by atoms with Crippen molar-refractivity contribution < 1.29 is 9.63 Å². The molecule has 0 atom stereocenters. The number of hydrogen-bond donors (Lipinski definition) is 1. The zero-order valence-corrected chi connectivity index (χ0v) is 19.4. The zero-order chi connectivity index (χ0) is 22.1. The monoisotopic (exact) mass is 453 g/mol. The van der Waals surface area contributed by atoms with Gasteiger partial charge in [0.25, 0.3) is 0 Å². The lowest BCUT2D eigenvalue weighted by molar-refractivity contribution is -0.138. The number of aromatic nitrogens is 1. The molecule has 2 fully saturated rings. The molecular weight excluding hydrogens is 422 g/mol. The van der Waals surface area contributed by atoms with Gasteiger partial charge in [0.2, 0.25) is 5.91 Å². The van der Waals surface area contributed by atoms with Crippen molar-refractivity contribution in [2.75, 3.05) is 39.0 Å². The summed E-state index contributed by atoms with van der Waals surface area (Å²) in [5.41, 5.74) is 9.46. The molecule has 2 saturated heterocycles. The smallest absolute Gasteiger partial charge is 0.225 e. The van der Waals surface area contributed by atoms with Gasteiger partial charge in [0.15, 0.2) is 5.13 Å². The highest BCUT2D eigenvalue weighted by Gasteiger charge is 2.45. The summed E-state index contributed by atoms with van der Waals surface area (Å²) in [6.07, 6.45) is 6.62. The van der Waals surface area contributed by atoms with Crippen LogP contribution in [0, 0.1) is 5.92 Å². The molecular formula is C24H31N5O2S. The van der Waals surface area contributed by atoms with E-state index in [1.807, 2.05) is 6.20 Å². The number of nitrogens with two attached hydrogens (primary N) is 1. The fourth-order valence-corrected chi connectivity index (χ4v) is 6.44. The van der Waals surface area contributed by atoms with Crippen LogP contribution in [0.15, 0.2) is 35.6 Å². The fraction of sp³-hybridized carbons (Fsp3) is 0.542. The summed E-state index contributed by atoms with van der Waals surface area (Å²) in [5, 5.41) is 4.93. The number of thiazole rings is 1. The molecule has 3 heterocycles. The number of piperidine rings is 2. The average Bonchev–Trinajstić information content (AvgIpc) is 3.36. The molecule has 8 heteroatoms. The van der Waals surface area contributed by atoms with E-state index in [2.05, 4.69) is 44.2 Å². The van der Waals surface area contributed by atoms with E-state index in [0.29, 0.717) is 11.0 Å². The molecule has 1 aromatic carbocycles. The van der Waals surface area contributed by atoms with Gasteiger partial charge >= 0.3 is 0 Å². The third-order valence-electron chi connectivity index (χ3n) is 7.44. The quantitative estimate of drug-likeness (QED) is 0.719. The molecule has 3 aliphatic rings. The van der Waals surface area contributed by atoms with Crippen molar-refractivity contribution in [1.82, 2.24) is 14.8 Å². The van der Waals surface area contributed by atoms with Gasteiger partial charge in [0.05, 0.1) is 5.71 Å². The second kappa shape index (κ2) is 8.83. The Labute approximate surface area is 193 Å². The van der Waals surface area contributed by atoms with Crippen LogP contribution in [0.2, 0.25) is 0 Å². The van der Waals surface area contributed by atoms with Gasteiger partial charge in [0, 0.05) is 54.0 Å². The largest absolute Gasteiger partial charge is 0.399 e. The van der Waals surface area contributed by atoms with Crippen molar-refractivity contribution in [3.8, 4) is 0 Å². The SMILES string of the molecule is CO/N=C1/CC2(CCN(C(=O)C3CCN(Cc4cnc(N)s4)CC3)CC2)c2ccccc21. The van der Waals surface area contributed by atoms with Gasteiger partial charge in [-0.3, -0.25) is 9.69 Å². The van der Waals surface area contributed by atoms with Gasteiger partial charge in [-0.25, -0.2) is 4.98 Å². The van der Waals surface area contributed by atoms with Gasteiger partial charge in [-0.05, 0) is 44.3 Å². The predicted molar refractivity (Wildman–Crippen MR) is 127 cm³/mol. The van der Waals surface area contributed by atoms with E-state index in [4.69, 9.17) is 10.6 Å². The first-order valence-corrected chi connectivity index (χ1v) is 12.3. The normalized spacial score (nSPS) is 22.4. The molecule has 2 aromatic rings. The highest BCUT2D eigenvalue weighted by molar-refractivity contribution is 7.15. The van der Waals surface area contributed by atoms with Crippen LogP contribution in [0.1, 0.15) is 48.1 Å². The van der Waals surface area contributed by atoms with E-state index < -0.39 is 0 Å². The minimum Gasteiger partial charge on any atom is -0.399 e. The number of carbonyl (C=O) groups is 1. The fourth-order valence-electron chi connectivity index (χ4n) is 5.71. The Balaban J connectivity index is 1.17. The summed E-state index contributed by atoms with van der Waals surface area (Å²) < 4.78 is 0. The van der Waals surface area contributed by atoms with Gasteiger partial charge in [-0.15, -0.1) is 11.3 Å². The van der Waals surface area contributed by atoms with Crippen molar-refractivity contribution >= 4 is 28.1 Å². The number of carbonyl (C=O) groups excluding carboxylic acids is 1. The van der Waals surface area contributed by atoms with Crippen molar-refractivity contribution in [1.29, 1.82) is 0 Å². The number of nitrogens with zero attached hydrogens (tertiary/aromatic N) is 4. The predicted octanol–water partition coefficient (Wildman–Crippen LogP) is 3.25. The van der Waals surface area contributed by atoms with Gasteiger partial charge < -0.3 is 15.5 Å². The second-order valence-electron chi connectivity index (χ2n) is 9.26. The maximum atomic E-state index is 13.3. The number of likely N-dealkylation sites (tertiary alicyclic amines) is 2. The Kier molecular flexibility index (Phi) is 5.90. The molecule has 1 amide bonds. The van der Waals surface area contributed by atoms with E-state index in [1.54, 1.807) is 18.4 Å². The summed E-state index contributed by atoms with van der Waals surface area (Å²) >= 11 is 1.55. The van der Waals surface area contributed by atoms with Gasteiger partial charge in [-0.1, -0.05) is 29.4 Å². The number of hydrogen-bond acceptors (Lipinski definition) is 7. The number of nitrogen functional groups attached to an aromatic ring is 1. The molecule has 1 aliphatic carbocycles. The molecule has 32 heavy (non-hydrogen) atoms. The minimum atomic E-state index is 0.0880. The molecule has 0 radical (unpaired) electrons. The lowest BCUT2D eigenvalue weighted by Crippen LogP contribution is -2.48. The lowest BCUT2D eigenvalue weighted by Gasteiger charge is -2.42. The Morgan fingerprint density at radius 1 is 1.25 bits per heavy atom. The molecule has 2 N–H and O–H groups in total. The number of fused-ring (bicyclic) bond motifs is 2. The van der Waals surface area contributed by atoms with E-state index >= 15 is 0 Å². The zero-order valence-electron chi connectivity index (χ0n) is 18.6. The molecule has 2 aliphatic heterocycles. The standard InChI is InChI=1S/C24H31N5O2S/c1-31-27-21-14-24(20-5-3-2-4-19(20)21)8-12-29(13-9-24)22(30)17-6-10-28(11-7-17)16-18-15-26-23(25)32-18/h2-5,15,17H,6-14,16H2,1H3,(H2,25,26)/b27-21-. The van der Waals surface area contributed by atoms with Gasteiger partial charge in [-0.2, -0.15) is 0 Å². The van der Waals surface area contributed by atoms with E-state index in [0.717, 1.165) is 70.5 Å². The first-order valence-electron chi connectivity index (χ1n) is 11.5. The van der Waals surface area contributed by atoms with E-state index in [9.17, 15) is 4.79 Å². The van der Waals surface area contributed by atoms with Crippen molar-refractivity contribution in [2.24, 2.45) is 11.1 Å². The summed E-state index contributed by atoms with van der Waals surface area (Å²) in [5.74, 6) is 0.493. The second-order valence-corrected chi connectivity index (χ2v) is 10.4. The lowest BCUT2D eigenvalue weighted by atomic mass is 9.73. The van der Waals surface area contributed by atoms with Crippen LogP contribution in [0.25, 0.3) is 0 Å². The molecule has 0 saturated carbocycles. The Morgan fingerprint density at radius 2 is 2.00 bits per heavy atom. The molecule has 1 aromatic heterocycles. The van der Waals surface area contributed by atoms with Crippen LogP contribution < -0.4 is 5.73 Å². The molecule has 5 rings (SSSR count). The first-order chi connectivity index (χ1) is 15.6. The van der Waals surface area contributed by atoms with E-state index in [-0.39, 0.29) is 11.3 Å². The summed E-state index contributed by atoms with van der Waals surface area (Å²) in [6, 6.07) is 8.56. The number of oxime groups is 1. The summed E-state index contributed by atoms with van der Waals surface area (Å²) in [7, 11) is 1.61. The first kappa shape index (κ1) is 21.4. The maximum Gasteiger partial charge on any atom is 0.225 e. The van der Waals surface area contributed by atoms with Crippen LogP contribution in [0.3, 0.4) is 0 Å². The van der Waals surface area contributed by atoms with Crippen LogP contribution >= 0.6 is 11.3 Å². The highest BCUT2D eigenvalue weighted by atomic mass is 32.1. The number of rotatable bonds is 4. The topological polar surface area (TPSA) is 84.0 Å². The van der Waals surface area contributed by atoms with Gasteiger partial charge in [0.1, 0.15) is 7.11 Å². The molecule has 0 unspecified atom stereocenters. The maximum absolute atomic E-state index is 13.3. The summed E-state index contributed by atoms with van der Waals surface area (Å²) in [6.45, 7) is 4.45. The number of anilines is 1. The molecule has 1 spiro atoms. The number of amides is 1. The average molecular weight is 454 g/mol. The Hall–Kier alpha value is -2.45. The Bertz CT molecular complexity index is 1000. The van der Waals surface area contributed by atoms with Crippen molar-refractivity contribution in [3.63, 3.8) is 0 Å². The number of benzene rings is 1. The molecule has 7 nitrogen and oxygen atoms in total. The third kappa shape index (κ3) is 4.01. The third-order valence-corrected chi connectivity index (χ3v) is 8.25. The van der Waals surface area contributed by atoms with E-state index in [1.165, 1.54) is 16.0 Å². The summed E-state index contributed by atoms with van der Waals surface area (Å²) in [4.78, 5) is 28.3. The van der Waals surface area contributed by atoms with Crippen LogP contribution in [-0.4, -0.2) is 59.7 Å².